The highest BCUT2D eigenvalue weighted by Gasteiger charge is 2.16. The molecule has 0 aromatic heterocycles. The van der Waals surface area contributed by atoms with Crippen LogP contribution in [0.5, 0.6) is 5.75 Å². The highest BCUT2D eigenvalue weighted by molar-refractivity contribution is 5.94. The highest BCUT2D eigenvalue weighted by atomic mass is 35.5. The number of benzene rings is 1. The van der Waals surface area contributed by atoms with Crippen molar-refractivity contribution in [1.29, 1.82) is 0 Å². The number of rotatable bonds is 7. The smallest absolute Gasteiger partial charge is 0.251 e. The highest BCUT2D eigenvalue weighted by Crippen LogP contribution is 2.17. The van der Waals surface area contributed by atoms with Crippen LogP contribution in [0.4, 0.5) is 0 Å². The second-order valence-corrected chi connectivity index (χ2v) is 5.37. The summed E-state index contributed by atoms with van der Waals surface area (Å²) < 4.78 is 11.2. The second-order valence-electron chi connectivity index (χ2n) is 5.37. The van der Waals surface area contributed by atoms with Gasteiger partial charge in [0.1, 0.15) is 12.4 Å². The van der Waals surface area contributed by atoms with E-state index < -0.39 is 0 Å². The average Bonchev–Trinajstić information content (AvgIpc) is 3.04. The van der Waals surface area contributed by atoms with Crippen LogP contribution in [0, 0.1) is 0 Å². The third-order valence-corrected chi connectivity index (χ3v) is 3.62. The molecule has 0 radical (unpaired) electrons. The van der Waals surface area contributed by atoms with Crippen LogP contribution in [0.3, 0.4) is 0 Å². The van der Waals surface area contributed by atoms with Gasteiger partial charge in [0.2, 0.25) is 0 Å². The maximum atomic E-state index is 12.1. The summed E-state index contributed by atoms with van der Waals surface area (Å²) in [6.07, 6.45) is 2.32. The Morgan fingerprint density at radius 1 is 1.50 bits per heavy atom. The fourth-order valence-electron chi connectivity index (χ4n) is 2.14. The maximum Gasteiger partial charge on any atom is 0.251 e. The molecule has 1 amide bonds. The Bertz CT molecular complexity index is 464. The Morgan fingerprint density at radius 3 is 3.00 bits per heavy atom. The largest absolute Gasteiger partial charge is 0.491 e. The summed E-state index contributed by atoms with van der Waals surface area (Å²) in [5.41, 5.74) is 0.614. The first-order chi connectivity index (χ1) is 10.2. The number of carbonyl (C=O) groups excluding carboxylic acids is 1. The van der Waals surface area contributed by atoms with E-state index >= 15 is 0 Å². The summed E-state index contributed by atoms with van der Waals surface area (Å²) in [4.78, 5) is 12.1. The predicted molar refractivity (Wildman–Crippen MR) is 89.0 cm³/mol. The van der Waals surface area contributed by atoms with Gasteiger partial charge in [-0.15, -0.1) is 12.4 Å². The zero-order valence-corrected chi connectivity index (χ0v) is 13.9. The van der Waals surface area contributed by atoms with Crippen LogP contribution in [0.1, 0.15) is 30.1 Å². The fourth-order valence-corrected chi connectivity index (χ4v) is 2.14. The van der Waals surface area contributed by atoms with E-state index in [4.69, 9.17) is 9.47 Å². The minimum atomic E-state index is -0.0836. The lowest BCUT2D eigenvalue weighted by atomic mass is 10.2. The summed E-state index contributed by atoms with van der Waals surface area (Å²) in [6, 6.07) is 7.50. The molecule has 1 fully saturated rings. The lowest BCUT2D eigenvalue weighted by molar-refractivity contribution is 0.0679. The predicted octanol–water partition coefficient (Wildman–Crippen LogP) is 2.00. The van der Waals surface area contributed by atoms with Crippen molar-refractivity contribution in [1.82, 2.24) is 10.6 Å². The molecule has 1 saturated heterocycles. The average molecular weight is 329 g/mol. The minimum Gasteiger partial charge on any atom is -0.491 e. The number of likely N-dealkylation sites (N-methyl/N-ethyl adjacent to an activating group) is 1. The van der Waals surface area contributed by atoms with Gasteiger partial charge in [0.25, 0.3) is 5.91 Å². The van der Waals surface area contributed by atoms with Gasteiger partial charge in [-0.25, -0.2) is 0 Å². The Balaban J connectivity index is 0.00000242. The Labute approximate surface area is 138 Å². The van der Waals surface area contributed by atoms with Gasteiger partial charge in [-0.2, -0.15) is 0 Å². The van der Waals surface area contributed by atoms with Crippen molar-refractivity contribution in [3.05, 3.63) is 29.8 Å². The maximum absolute atomic E-state index is 12.1. The van der Waals surface area contributed by atoms with Gasteiger partial charge in [-0.1, -0.05) is 6.07 Å². The molecule has 2 unspecified atom stereocenters. The molecule has 22 heavy (non-hydrogen) atoms. The summed E-state index contributed by atoms with van der Waals surface area (Å²) in [5, 5.41) is 5.97. The van der Waals surface area contributed by atoms with Crippen molar-refractivity contribution in [2.24, 2.45) is 0 Å². The molecule has 124 valence electrons. The topological polar surface area (TPSA) is 59.6 Å². The summed E-state index contributed by atoms with van der Waals surface area (Å²) in [6.45, 7) is 3.97. The number of nitrogens with one attached hydrogen (secondary N) is 2. The molecule has 2 rings (SSSR count). The quantitative estimate of drug-likeness (QED) is 0.804. The zero-order chi connectivity index (χ0) is 15.1. The number of hydrogen-bond acceptors (Lipinski definition) is 4. The molecule has 0 bridgehead atoms. The van der Waals surface area contributed by atoms with E-state index in [9.17, 15) is 4.79 Å². The zero-order valence-electron chi connectivity index (χ0n) is 13.1. The molecular formula is C16H25ClN2O3. The van der Waals surface area contributed by atoms with Crippen LogP contribution in [-0.2, 0) is 4.74 Å². The molecule has 1 aromatic rings. The number of ether oxygens (including phenoxy) is 2. The molecule has 1 aromatic carbocycles. The lowest BCUT2D eigenvalue weighted by Gasteiger charge is -2.13. The van der Waals surface area contributed by atoms with E-state index in [1.165, 1.54) is 0 Å². The molecular weight excluding hydrogens is 304 g/mol. The van der Waals surface area contributed by atoms with E-state index in [1.807, 2.05) is 26.1 Å². The molecule has 1 heterocycles. The number of halogens is 1. The molecule has 0 aliphatic carbocycles. The molecule has 2 N–H and O–H groups in total. The standard InChI is InChI=1S/C16H24N2O3.ClH/c1-12(17-2)10-18-16(19)13-5-3-6-14(9-13)21-11-15-7-4-8-20-15;/h3,5-6,9,12,15,17H,4,7-8,10-11H2,1-2H3,(H,18,19);1H. The van der Waals surface area contributed by atoms with E-state index in [-0.39, 0.29) is 30.5 Å². The Kier molecular flexibility index (Phi) is 8.24. The lowest BCUT2D eigenvalue weighted by Crippen LogP contribution is -2.37. The van der Waals surface area contributed by atoms with E-state index in [0.717, 1.165) is 19.4 Å². The Morgan fingerprint density at radius 2 is 2.32 bits per heavy atom. The van der Waals surface area contributed by atoms with Crippen molar-refractivity contribution >= 4 is 18.3 Å². The molecule has 0 spiro atoms. The minimum absolute atomic E-state index is 0. The van der Waals surface area contributed by atoms with Gasteiger partial charge in [0.15, 0.2) is 0 Å². The molecule has 2 atom stereocenters. The van der Waals surface area contributed by atoms with Gasteiger partial charge >= 0.3 is 0 Å². The van der Waals surface area contributed by atoms with Crippen LogP contribution in [-0.4, -0.2) is 44.9 Å². The fraction of sp³-hybridized carbons (Fsp3) is 0.562. The second kappa shape index (κ2) is 9.66. The normalized spacial score (nSPS) is 18.4. The van der Waals surface area contributed by atoms with E-state index in [1.54, 1.807) is 12.1 Å². The molecule has 5 nitrogen and oxygen atoms in total. The number of amides is 1. The van der Waals surface area contributed by atoms with Crippen molar-refractivity contribution in [2.75, 3.05) is 26.8 Å². The molecule has 1 aliphatic rings. The van der Waals surface area contributed by atoms with Crippen LogP contribution >= 0.6 is 12.4 Å². The first-order valence-electron chi connectivity index (χ1n) is 7.49. The summed E-state index contributed by atoms with van der Waals surface area (Å²) in [7, 11) is 1.87. The van der Waals surface area contributed by atoms with Gasteiger partial charge in [-0.05, 0) is 45.0 Å². The van der Waals surface area contributed by atoms with Crippen LogP contribution in [0.2, 0.25) is 0 Å². The summed E-state index contributed by atoms with van der Waals surface area (Å²) in [5.74, 6) is 0.625. The van der Waals surface area contributed by atoms with Gasteiger partial charge < -0.3 is 20.1 Å². The van der Waals surface area contributed by atoms with Crippen molar-refractivity contribution in [3.8, 4) is 5.75 Å². The van der Waals surface area contributed by atoms with Gasteiger partial charge in [0.05, 0.1) is 6.10 Å². The molecule has 0 saturated carbocycles. The SMILES string of the molecule is CNC(C)CNC(=O)c1cccc(OCC2CCCO2)c1.Cl. The van der Waals surface area contributed by atoms with Crippen molar-refractivity contribution < 1.29 is 14.3 Å². The van der Waals surface area contributed by atoms with Crippen molar-refractivity contribution in [2.45, 2.75) is 31.9 Å². The van der Waals surface area contributed by atoms with Crippen LogP contribution < -0.4 is 15.4 Å². The molecule has 6 heteroatoms. The Hall–Kier alpha value is -1.30. The summed E-state index contributed by atoms with van der Waals surface area (Å²) >= 11 is 0. The first-order valence-corrected chi connectivity index (χ1v) is 7.49. The number of hydrogen-bond donors (Lipinski definition) is 2. The number of carbonyl (C=O) groups is 1. The van der Waals surface area contributed by atoms with Gasteiger partial charge in [-0.3, -0.25) is 4.79 Å². The van der Waals surface area contributed by atoms with Gasteiger partial charge in [0, 0.05) is 24.8 Å². The first kappa shape index (κ1) is 18.7. The van der Waals surface area contributed by atoms with E-state index in [2.05, 4.69) is 10.6 Å². The van der Waals surface area contributed by atoms with E-state index in [0.29, 0.717) is 24.5 Å². The van der Waals surface area contributed by atoms with Crippen molar-refractivity contribution in [3.63, 3.8) is 0 Å². The third-order valence-electron chi connectivity index (χ3n) is 3.62. The van der Waals surface area contributed by atoms with Crippen LogP contribution in [0.25, 0.3) is 0 Å². The molecule has 1 aliphatic heterocycles. The monoisotopic (exact) mass is 328 g/mol. The third kappa shape index (κ3) is 5.83. The van der Waals surface area contributed by atoms with Crippen LogP contribution in [0.15, 0.2) is 24.3 Å².